The second-order valence-corrected chi connectivity index (χ2v) is 19.9. The number of esters is 2. The fraction of sp³-hybridized carbons (Fsp3) is 0.957. The molecule has 0 amide bonds. The highest BCUT2D eigenvalue weighted by atomic mass is 31.2. The van der Waals surface area contributed by atoms with Crippen LogP contribution in [0.25, 0.3) is 0 Å². The van der Waals surface area contributed by atoms with Gasteiger partial charge in [-0.25, -0.2) is 4.57 Å². The van der Waals surface area contributed by atoms with Crippen molar-refractivity contribution in [2.75, 3.05) is 13.2 Å². The maximum atomic E-state index is 13.4. The molecular weight excluding hydrogens is 865 g/mol. The molecule has 17 nitrogen and oxygen atoms in total. The number of phosphoric acid groups is 1. The quantitative estimate of drug-likeness (QED) is 0.0185. The van der Waals surface area contributed by atoms with Gasteiger partial charge in [0.25, 0.3) is 0 Å². The number of hydrogen-bond donors (Lipinski definition) is 8. The maximum Gasteiger partial charge on any atom is 0.472 e. The third-order valence-corrected chi connectivity index (χ3v) is 13.6. The number of rotatable bonds is 38. The number of unbranched alkanes of at least 4 members (excludes halogenated alkanes) is 24. The van der Waals surface area contributed by atoms with Crippen molar-refractivity contribution in [2.24, 2.45) is 5.73 Å². The van der Waals surface area contributed by atoms with Crippen LogP contribution in [0, 0.1) is 0 Å². The number of carbonyl (C=O) groups excluding carboxylic acids is 2. The minimum Gasteiger partial charge on any atom is -0.462 e. The Morgan fingerprint density at radius 2 is 0.954 bits per heavy atom. The summed E-state index contributed by atoms with van der Waals surface area (Å²) in [6.07, 6.45) is 10.8. The summed E-state index contributed by atoms with van der Waals surface area (Å²) in [6.45, 7) is 4.58. The number of aliphatic hydroxyl groups excluding tert-OH is 6. The van der Waals surface area contributed by atoms with Gasteiger partial charge in [0.15, 0.2) is 12.4 Å². The molecule has 0 aromatic rings. The van der Waals surface area contributed by atoms with E-state index in [1.807, 2.05) is 0 Å². The number of phosphoric ester groups is 1. The molecule has 384 valence electrons. The van der Waals surface area contributed by atoms with E-state index >= 15 is 0 Å². The Kier molecular flexibility index (Phi) is 32.1. The van der Waals surface area contributed by atoms with Crippen molar-refractivity contribution >= 4 is 19.8 Å². The summed E-state index contributed by atoms with van der Waals surface area (Å²) in [5, 5.41) is 63.1. The zero-order valence-electron chi connectivity index (χ0n) is 40.0. The van der Waals surface area contributed by atoms with E-state index < -0.39 is 106 Å². The van der Waals surface area contributed by atoms with Gasteiger partial charge in [0, 0.05) is 12.8 Å². The SMILES string of the molecule is CCCCCCCCCCCCCCCC(=O)OC[C@H](COP(=O)(O)O[C@@H]1[C@H](O)[C@H](O)[C@@H](O)[C@H](O)[C@H]1O[C@H]1O[C@H](C)[C@@H](O)[C@H](O)[C@H]1N)OC(=O)CCCCCCCCCCCCCCC. The fourth-order valence-corrected chi connectivity index (χ4v) is 9.31. The second-order valence-electron chi connectivity index (χ2n) is 18.4. The summed E-state index contributed by atoms with van der Waals surface area (Å²) < 4.78 is 46.0. The lowest BCUT2D eigenvalue weighted by molar-refractivity contribution is -0.310. The van der Waals surface area contributed by atoms with Crippen LogP contribution in [0.15, 0.2) is 0 Å². The van der Waals surface area contributed by atoms with E-state index in [9.17, 15) is 49.7 Å². The van der Waals surface area contributed by atoms with Crippen molar-refractivity contribution in [1.29, 1.82) is 0 Å². The van der Waals surface area contributed by atoms with E-state index in [-0.39, 0.29) is 12.8 Å². The molecule has 2 fully saturated rings. The van der Waals surface area contributed by atoms with E-state index in [0.717, 1.165) is 51.4 Å². The van der Waals surface area contributed by atoms with Crippen LogP contribution in [0.2, 0.25) is 0 Å². The van der Waals surface area contributed by atoms with Gasteiger partial charge in [0.05, 0.1) is 18.8 Å². The fourth-order valence-electron chi connectivity index (χ4n) is 8.34. The minimum absolute atomic E-state index is 0.0650. The molecule has 1 saturated carbocycles. The Labute approximate surface area is 389 Å². The summed E-state index contributed by atoms with van der Waals surface area (Å²) in [4.78, 5) is 36.5. The van der Waals surface area contributed by atoms with Crippen LogP contribution in [0.1, 0.15) is 201 Å². The van der Waals surface area contributed by atoms with Crippen molar-refractivity contribution in [3.63, 3.8) is 0 Å². The van der Waals surface area contributed by atoms with Crippen LogP contribution in [0.3, 0.4) is 0 Å². The standard InChI is InChI=1S/C47H90NO16P/c1-4-6-8-10-12-14-16-18-20-22-24-26-28-30-36(49)59-32-35(62-37(50)31-29-27-25-23-21-19-17-15-13-11-9-7-5-2)33-60-65(57,58)64-46-44(56)42(54)41(53)43(55)45(46)63-47-38(48)40(52)39(51)34(3)61-47/h34-35,38-47,51-56H,4-33,48H2,1-3H3,(H,57,58)/t34-,35-,38-,39-,40-,41-,42-,43+,44-,45-,46-,47-/m1/s1. The van der Waals surface area contributed by atoms with Crippen molar-refractivity contribution in [1.82, 2.24) is 0 Å². The molecule has 0 aromatic heterocycles. The summed E-state index contributed by atoms with van der Waals surface area (Å²) >= 11 is 0. The molecule has 65 heavy (non-hydrogen) atoms. The van der Waals surface area contributed by atoms with Gasteiger partial charge >= 0.3 is 19.8 Å². The topological polar surface area (TPSA) is 274 Å². The van der Waals surface area contributed by atoms with Gasteiger partial charge in [-0.05, 0) is 19.8 Å². The largest absolute Gasteiger partial charge is 0.472 e. The normalized spacial score (nSPS) is 28.4. The summed E-state index contributed by atoms with van der Waals surface area (Å²) in [6, 6.07) is -1.41. The predicted molar refractivity (Wildman–Crippen MR) is 245 cm³/mol. The third-order valence-electron chi connectivity index (χ3n) is 12.6. The van der Waals surface area contributed by atoms with Crippen LogP contribution in [-0.4, -0.2) is 134 Å². The van der Waals surface area contributed by atoms with Crippen LogP contribution >= 0.6 is 7.82 Å². The molecule has 1 unspecified atom stereocenters. The van der Waals surface area contributed by atoms with E-state index in [1.54, 1.807) is 0 Å². The second kappa shape index (κ2) is 34.9. The monoisotopic (exact) mass is 956 g/mol. The molecule has 1 aliphatic heterocycles. The first-order chi connectivity index (χ1) is 31.1. The van der Waals surface area contributed by atoms with E-state index in [1.165, 1.54) is 110 Å². The molecule has 2 rings (SSSR count). The first kappa shape index (κ1) is 59.8. The van der Waals surface area contributed by atoms with Gasteiger partial charge in [-0.1, -0.05) is 168 Å². The molecule has 13 atom stereocenters. The molecule has 2 aliphatic rings. The molecule has 1 heterocycles. The summed E-state index contributed by atoms with van der Waals surface area (Å²) in [5.74, 6) is -1.15. The summed E-state index contributed by atoms with van der Waals surface area (Å²) in [7, 11) is -5.29. The maximum absolute atomic E-state index is 13.4. The van der Waals surface area contributed by atoms with Gasteiger partial charge in [-0.3, -0.25) is 18.6 Å². The van der Waals surface area contributed by atoms with E-state index in [2.05, 4.69) is 13.8 Å². The first-order valence-corrected chi connectivity index (χ1v) is 26.8. The van der Waals surface area contributed by atoms with Gasteiger partial charge in [0.2, 0.25) is 0 Å². The van der Waals surface area contributed by atoms with Crippen molar-refractivity contribution in [3.05, 3.63) is 0 Å². The zero-order valence-corrected chi connectivity index (χ0v) is 40.9. The minimum atomic E-state index is -5.29. The number of nitrogens with two attached hydrogens (primary N) is 1. The molecule has 0 spiro atoms. The van der Waals surface area contributed by atoms with Crippen molar-refractivity contribution in [3.8, 4) is 0 Å². The predicted octanol–water partition coefficient (Wildman–Crippen LogP) is 6.54. The third kappa shape index (κ3) is 24.7. The molecule has 0 radical (unpaired) electrons. The van der Waals surface area contributed by atoms with E-state index in [0.29, 0.717) is 12.8 Å². The Balaban J connectivity index is 1.93. The Morgan fingerprint density at radius 3 is 1.40 bits per heavy atom. The average molecular weight is 956 g/mol. The highest BCUT2D eigenvalue weighted by molar-refractivity contribution is 7.47. The first-order valence-electron chi connectivity index (χ1n) is 25.3. The molecule has 0 aromatic carbocycles. The smallest absolute Gasteiger partial charge is 0.462 e. The van der Waals surface area contributed by atoms with Crippen LogP contribution in [0.4, 0.5) is 0 Å². The van der Waals surface area contributed by atoms with Crippen molar-refractivity contribution in [2.45, 2.75) is 274 Å². The van der Waals surface area contributed by atoms with Gasteiger partial charge in [-0.15, -0.1) is 0 Å². The molecule has 18 heteroatoms. The number of carbonyl (C=O) groups is 2. The number of hydrogen-bond acceptors (Lipinski definition) is 16. The van der Waals surface area contributed by atoms with Gasteiger partial charge in [0.1, 0.15) is 55.4 Å². The summed E-state index contributed by atoms with van der Waals surface area (Å²) in [5.41, 5.74) is 5.98. The Morgan fingerprint density at radius 1 is 0.554 bits per heavy atom. The van der Waals surface area contributed by atoms with Crippen molar-refractivity contribution < 1.29 is 77.7 Å². The lowest BCUT2D eigenvalue weighted by atomic mass is 9.84. The molecule has 9 N–H and O–H groups in total. The lowest BCUT2D eigenvalue weighted by Gasteiger charge is -2.47. The molecular formula is C47H90NO16P. The lowest BCUT2D eigenvalue weighted by Crippen LogP contribution is -2.68. The Bertz CT molecular complexity index is 1280. The molecule has 1 aliphatic carbocycles. The van der Waals surface area contributed by atoms with Gasteiger partial charge in [-0.2, -0.15) is 0 Å². The molecule has 1 saturated heterocycles. The van der Waals surface area contributed by atoms with E-state index in [4.69, 9.17) is 33.7 Å². The number of ether oxygens (including phenoxy) is 4. The van der Waals surface area contributed by atoms with Gasteiger partial charge < -0.3 is 60.2 Å². The number of aliphatic hydroxyl groups is 6. The van der Waals surface area contributed by atoms with Crippen LogP contribution < -0.4 is 5.73 Å². The highest BCUT2D eigenvalue weighted by Gasteiger charge is 2.55. The zero-order chi connectivity index (χ0) is 48.0. The Hall–Kier alpha value is -1.31. The highest BCUT2D eigenvalue weighted by Crippen LogP contribution is 2.48. The average Bonchev–Trinajstić information content (AvgIpc) is 3.28. The van der Waals surface area contributed by atoms with Crippen LogP contribution in [0.5, 0.6) is 0 Å². The molecule has 0 bridgehead atoms. The van der Waals surface area contributed by atoms with Crippen LogP contribution in [-0.2, 0) is 42.1 Å².